The number of fused-ring (bicyclic) bond motifs is 3. The summed E-state index contributed by atoms with van der Waals surface area (Å²) in [7, 11) is 0. The lowest BCUT2D eigenvalue weighted by Crippen LogP contribution is -2.38. The third-order valence-electron chi connectivity index (χ3n) is 6.96. The first-order chi connectivity index (χ1) is 16.1. The smallest absolute Gasteiger partial charge is 0.266 e. The molecule has 2 heterocycles. The molecule has 0 radical (unpaired) electrons. The van der Waals surface area contributed by atoms with Gasteiger partial charge in [0.1, 0.15) is 11.6 Å². The molecule has 5 rings (SSSR count). The number of carbonyl (C=O) groups excluding carboxylic acids is 1. The molecule has 178 valence electrons. The highest BCUT2D eigenvalue weighted by Crippen LogP contribution is 2.52. The van der Waals surface area contributed by atoms with Crippen molar-refractivity contribution in [2.45, 2.75) is 51.2 Å². The number of hydrogen-bond donors (Lipinski definition) is 0. The van der Waals surface area contributed by atoms with Crippen LogP contribution in [0, 0.1) is 22.5 Å². The van der Waals surface area contributed by atoms with Gasteiger partial charge in [-0.15, -0.1) is 0 Å². The molecule has 0 N–H and O–H groups in total. The SMILES string of the molecule is CC1(C)CC2CC(C)(CN2C(=O)CSc2nc3ccccc3c(=O)n2-c2ccc(F)cc2F)C1. The van der Waals surface area contributed by atoms with E-state index in [1.54, 1.807) is 24.3 Å². The van der Waals surface area contributed by atoms with Crippen molar-refractivity contribution in [1.29, 1.82) is 0 Å². The number of thioether (sulfide) groups is 1. The Morgan fingerprint density at radius 3 is 2.68 bits per heavy atom. The molecule has 2 fully saturated rings. The Morgan fingerprint density at radius 1 is 1.15 bits per heavy atom. The van der Waals surface area contributed by atoms with Gasteiger partial charge in [0.05, 0.1) is 22.3 Å². The highest BCUT2D eigenvalue weighted by Gasteiger charge is 2.50. The van der Waals surface area contributed by atoms with E-state index in [9.17, 15) is 18.4 Å². The van der Waals surface area contributed by atoms with E-state index in [0.717, 1.165) is 54.3 Å². The fourth-order valence-electron chi connectivity index (χ4n) is 6.04. The van der Waals surface area contributed by atoms with Crippen molar-refractivity contribution in [3.05, 3.63) is 64.5 Å². The lowest BCUT2D eigenvalue weighted by molar-refractivity contribution is -0.129. The van der Waals surface area contributed by atoms with Gasteiger partial charge in [-0.05, 0) is 54.4 Å². The minimum absolute atomic E-state index is 0.00930. The maximum Gasteiger partial charge on any atom is 0.266 e. The summed E-state index contributed by atoms with van der Waals surface area (Å²) in [5.41, 5.74) is 0.226. The van der Waals surface area contributed by atoms with E-state index in [1.165, 1.54) is 6.07 Å². The number of amides is 1. The Balaban J connectivity index is 1.48. The quantitative estimate of drug-likeness (QED) is 0.379. The van der Waals surface area contributed by atoms with Crippen molar-refractivity contribution in [2.24, 2.45) is 10.8 Å². The molecule has 0 spiro atoms. The van der Waals surface area contributed by atoms with Crippen molar-refractivity contribution in [2.75, 3.05) is 12.3 Å². The zero-order valence-electron chi connectivity index (χ0n) is 19.5. The summed E-state index contributed by atoms with van der Waals surface area (Å²) in [6.45, 7) is 7.50. The van der Waals surface area contributed by atoms with Crippen molar-refractivity contribution >= 4 is 28.6 Å². The highest BCUT2D eigenvalue weighted by molar-refractivity contribution is 7.99. The molecule has 8 heteroatoms. The molecule has 2 atom stereocenters. The Hall–Kier alpha value is -2.74. The van der Waals surface area contributed by atoms with Crippen LogP contribution < -0.4 is 5.56 Å². The van der Waals surface area contributed by atoms with Gasteiger partial charge < -0.3 is 4.90 Å². The third-order valence-corrected chi connectivity index (χ3v) is 7.88. The topological polar surface area (TPSA) is 55.2 Å². The number of halogens is 2. The van der Waals surface area contributed by atoms with Crippen molar-refractivity contribution in [1.82, 2.24) is 14.5 Å². The summed E-state index contributed by atoms with van der Waals surface area (Å²) in [5.74, 6) is -1.52. The number of benzene rings is 2. The average molecular weight is 484 g/mol. The average Bonchev–Trinajstić information content (AvgIpc) is 3.01. The van der Waals surface area contributed by atoms with Crippen LogP contribution in [0.1, 0.15) is 40.0 Å². The van der Waals surface area contributed by atoms with E-state index in [0.29, 0.717) is 10.9 Å². The first-order valence-electron chi connectivity index (χ1n) is 11.4. The minimum atomic E-state index is -0.865. The Bertz CT molecular complexity index is 1360. The lowest BCUT2D eigenvalue weighted by Gasteiger charge is -2.39. The van der Waals surface area contributed by atoms with Gasteiger partial charge >= 0.3 is 0 Å². The predicted molar refractivity (Wildman–Crippen MR) is 129 cm³/mol. The first kappa shape index (κ1) is 23.0. The number of rotatable bonds is 4. The van der Waals surface area contributed by atoms with Crippen molar-refractivity contribution < 1.29 is 13.6 Å². The molecule has 1 aliphatic heterocycles. The zero-order chi connectivity index (χ0) is 24.3. The zero-order valence-corrected chi connectivity index (χ0v) is 20.3. The molecule has 2 aromatic carbocycles. The van der Waals surface area contributed by atoms with Crippen LogP contribution in [-0.4, -0.2) is 38.7 Å². The molecular formula is C26H27F2N3O2S. The van der Waals surface area contributed by atoms with Crippen LogP contribution in [0.2, 0.25) is 0 Å². The summed E-state index contributed by atoms with van der Waals surface area (Å²) in [6.07, 6.45) is 3.06. The molecule has 2 unspecified atom stereocenters. The summed E-state index contributed by atoms with van der Waals surface area (Å²) >= 11 is 1.11. The Morgan fingerprint density at radius 2 is 1.91 bits per heavy atom. The van der Waals surface area contributed by atoms with E-state index in [2.05, 4.69) is 25.8 Å². The number of likely N-dealkylation sites (tertiary alicyclic amines) is 1. The maximum atomic E-state index is 14.7. The largest absolute Gasteiger partial charge is 0.338 e. The fraction of sp³-hybridized carbons (Fsp3) is 0.423. The Labute approximate surface area is 201 Å². The molecule has 1 saturated carbocycles. The predicted octanol–water partition coefficient (Wildman–Crippen LogP) is 5.18. The van der Waals surface area contributed by atoms with Crippen molar-refractivity contribution in [3.8, 4) is 5.69 Å². The second-order valence-electron chi connectivity index (χ2n) is 10.7. The van der Waals surface area contributed by atoms with Gasteiger partial charge in [0.2, 0.25) is 5.91 Å². The van der Waals surface area contributed by atoms with E-state index < -0.39 is 17.2 Å². The summed E-state index contributed by atoms with van der Waals surface area (Å²) in [5, 5.41) is 0.529. The summed E-state index contributed by atoms with van der Waals surface area (Å²) in [6, 6.07) is 10.1. The van der Waals surface area contributed by atoms with Gasteiger partial charge in [-0.2, -0.15) is 0 Å². The summed E-state index contributed by atoms with van der Waals surface area (Å²) in [4.78, 5) is 33.1. The molecule has 34 heavy (non-hydrogen) atoms. The second kappa shape index (κ2) is 8.18. The monoisotopic (exact) mass is 483 g/mol. The standard InChI is InChI=1S/C26H27F2N3O2S/c1-25(2)11-17-12-26(3,14-25)15-30(17)22(32)13-34-24-29-20-7-5-4-6-18(20)23(33)31(24)21-9-8-16(27)10-19(21)28/h4-10,17H,11-15H2,1-3H3. The van der Waals surface area contributed by atoms with Crippen molar-refractivity contribution in [3.63, 3.8) is 0 Å². The summed E-state index contributed by atoms with van der Waals surface area (Å²) < 4.78 is 29.4. The van der Waals surface area contributed by atoms with Crippen LogP contribution >= 0.6 is 11.8 Å². The van der Waals surface area contributed by atoms with Crippen LogP contribution in [0.4, 0.5) is 8.78 Å². The number of aromatic nitrogens is 2. The molecule has 2 aliphatic rings. The van der Waals surface area contributed by atoms with Crippen LogP contribution in [-0.2, 0) is 4.79 Å². The number of hydrogen-bond acceptors (Lipinski definition) is 4. The fourth-order valence-corrected chi connectivity index (χ4v) is 6.94. The molecule has 1 aromatic heterocycles. The Kier molecular flexibility index (Phi) is 5.54. The highest BCUT2D eigenvalue weighted by atomic mass is 32.2. The molecule has 5 nitrogen and oxygen atoms in total. The van der Waals surface area contributed by atoms with Gasteiger partial charge in [0.25, 0.3) is 5.56 Å². The van der Waals surface area contributed by atoms with Crippen LogP contribution in [0.5, 0.6) is 0 Å². The number of carbonyl (C=O) groups is 1. The van der Waals surface area contributed by atoms with E-state index in [4.69, 9.17) is 0 Å². The van der Waals surface area contributed by atoms with Crippen LogP contribution in [0.25, 0.3) is 16.6 Å². The first-order valence-corrected chi connectivity index (χ1v) is 12.4. The van der Waals surface area contributed by atoms with Crippen LogP contribution in [0.3, 0.4) is 0 Å². The maximum absolute atomic E-state index is 14.7. The van der Waals surface area contributed by atoms with E-state index in [1.807, 2.05) is 4.90 Å². The second-order valence-corrected chi connectivity index (χ2v) is 11.6. The van der Waals surface area contributed by atoms with E-state index in [-0.39, 0.29) is 39.4 Å². The lowest BCUT2D eigenvalue weighted by atomic mass is 9.65. The molecule has 1 amide bonds. The van der Waals surface area contributed by atoms with Gasteiger partial charge in [-0.3, -0.25) is 14.2 Å². The number of nitrogens with zero attached hydrogens (tertiary/aromatic N) is 3. The van der Waals surface area contributed by atoms with Gasteiger partial charge in [-0.1, -0.05) is 44.7 Å². The molecule has 1 aliphatic carbocycles. The third kappa shape index (κ3) is 4.13. The van der Waals surface area contributed by atoms with Gasteiger partial charge in [0, 0.05) is 18.7 Å². The van der Waals surface area contributed by atoms with Crippen LogP contribution in [0.15, 0.2) is 52.4 Å². The van der Waals surface area contributed by atoms with E-state index >= 15 is 0 Å². The molecule has 2 bridgehead atoms. The number of para-hydroxylation sites is 1. The molecule has 3 aromatic rings. The molecule has 1 saturated heterocycles. The normalized spacial score (nSPS) is 23.4. The van der Waals surface area contributed by atoms with Gasteiger partial charge in [0.15, 0.2) is 5.16 Å². The van der Waals surface area contributed by atoms with Gasteiger partial charge in [-0.25, -0.2) is 13.8 Å². The minimum Gasteiger partial charge on any atom is -0.338 e. The molecular weight excluding hydrogens is 456 g/mol.